The molecule has 25 heavy (non-hydrogen) atoms. The van der Waals surface area contributed by atoms with E-state index in [1.807, 2.05) is 0 Å². The fourth-order valence-corrected chi connectivity index (χ4v) is 3.02. The minimum absolute atomic E-state index is 0. The van der Waals surface area contributed by atoms with Gasteiger partial charge in [-0.1, -0.05) is 19.1 Å². The highest BCUT2D eigenvalue weighted by atomic mass is 35.5. The molecule has 1 aromatic heterocycles. The second-order valence-electron chi connectivity index (χ2n) is 6.39. The molecule has 1 aromatic carbocycles. The number of hydrogen-bond acceptors (Lipinski definition) is 3. The van der Waals surface area contributed by atoms with E-state index in [4.69, 9.17) is 4.42 Å². The van der Waals surface area contributed by atoms with Crippen molar-refractivity contribution in [2.75, 3.05) is 13.1 Å². The Labute approximate surface area is 153 Å². The molecule has 2 atom stereocenters. The summed E-state index contributed by atoms with van der Waals surface area (Å²) in [6, 6.07) is 10.3. The molecule has 2 heterocycles. The summed E-state index contributed by atoms with van der Waals surface area (Å²) in [4.78, 5) is 12.1. The number of nitrogens with one attached hydrogen (secondary N) is 2. The highest BCUT2D eigenvalue weighted by Gasteiger charge is 2.22. The molecule has 1 aliphatic heterocycles. The summed E-state index contributed by atoms with van der Waals surface area (Å²) < 4.78 is 19.4. The molecule has 1 fully saturated rings. The van der Waals surface area contributed by atoms with Crippen molar-refractivity contribution in [2.45, 2.75) is 32.2 Å². The van der Waals surface area contributed by atoms with Gasteiger partial charge in [0, 0.05) is 25.4 Å². The Bertz CT molecular complexity index is 704. The topological polar surface area (TPSA) is 54.3 Å². The summed E-state index contributed by atoms with van der Waals surface area (Å²) in [5.74, 6) is 1.40. The number of halogens is 2. The Morgan fingerprint density at radius 2 is 2.12 bits per heavy atom. The molecule has 3 rings (SSSR count). The summed E-state index contributed by atoms with van der Waals surface area (Å²) in [6.45, 7) is 4.00. The van der Waals surface area contributed by atoms with E-state index >= 15 is 0 Å². The number of carbonyl (C=O) groups excluding carboxylic acids is 1. The van der Waals surface area contributed by atoms with Crippen LogP contribution in [0.1, 0.15) is 25.5 Å². The summed E-state index contributed by atoms with van der Waals surface area (Å²) in [5, 5.41) is 6.39. The van der Waals surface area contributed by atoms with Gasteiger partial charge in [0.05, 0.1) is 5.56 Å². The lowest BCUT2D eigenvalue weighted by Crippen LogP contribution is -2.50. The molecule has 6 heteroatoms. The minimum Gasteiger partial charge on any atom is -0.461 e. The molecule has 1 aliphatic rings. The lowest BCUT2D eigenvalue weighted by atomic mass is 9.94. The van der Waals surface area contributed by atoms with Gasteiger partial charge in [-0.05, 0) is 43.1 Å². The standard InChI is InChI=1S/C19H23FN2O2.ClH/c1-13-10-11-21-12-17(13)22-19(23)9-7-14-6-8-18(24-14)15-4-2-3-5-16(15)20;/h2-6,8,13,17,21H,7,9-12H2,1H3,(H,22,23);1H. The quantitative estimate of drug-likeness (QED) is 0.850. The summed E-state index contributed by atoms with van der Waals surface area (Å²) >= 11 is 0. The lowest BCUT2D eigenvalue weighted by Gasteiger charge is -2.30. The molecular weight excluding hydrogens is 343 g/mol. The maximum Gasteiger partial charge on any atom is 0.220 e. The van der Waals surface area contributed by atoms with Crippen LogP contribution in [0.4, 0.5) is 4.39 Å². The van der Waals surface area contributed by atoms with Gasteiger partial charge < -0.3 is 15.1 Å². The van der Waals surface area contributed by atoms with E-state index in [0.29, 0.717) is 35.8 Å². The smallest absolute Gasteiger partial charge is 0.220 e. The van der Waals surface area contributed by atoms with E-state index < -0.39 is 0 Å². The van der Waals surface area contributed by atoms with Crippen molar-refractivity contribution in [1.29, 1.82) is 0 Å². The summed E-state index contributed by atoms with van der Waals surface area (Å²) in [6.07, 6.45) is 1.96. The average Bonchev–Trinajstić information content (AvgIpc) is 3.04. The van der Waals surface area contributed by atoms with Crippen LogP contribution in [-0.2, 0) is 11.2 Å². The molecule has 136 valence electrons. The Balaban J connectivity index is 0.00000225. The zero-order valence-electron chi connectivity index (χ0n) is 14.3. The maximum absolute atomic E-state index is 13.8. The van der Waals surface area contributed by atoms with E-state index in [0.717, 1.165) is 19.5 Å². The molecule has 0 spiro atoms. The highest BCUT2D eigenvalue weighted by molar-refractivity contribution is 5.85. The first-order valence-electron chi connectivity index (χ1n) is 8.47. The van der Waals surface area contributed by atoms with Gasteiger partial charge in [0.1, 0.15) is 17.3 Å². The first-order chi connectivity index (χ1) is 11.6. The zero-order chi connectivity index (χ0) is 16.9. The number of piperidine rings is 1. The van der Waals surface area contributed by atoms with Crippen molar-refractivity contribution in [3.8, 4) is 11.3 Å². The van der Waals surface area contributed by atoms with Crippen molar-refractivity contribution < 1.29 is 13.6 Å². The number of aryl methyl sites for hydroxylation is 1. The zero-order valence-corrected chi connectivity index (χ0v) is 15.1. The van der Waals surface area contributed by atoms with Gasteiger partial charge in [-0.2, -0.15) is 0 Å². The minimum atomic E-state index is -0.310. The number of benzene rings is 1. The maximum atomic E-state index is 13.8. The lowest BCUT2D eigenvalue weighted by molar-refractivity contribution is -0.122. The van der Waals surface area contributed by atoms with Crippen molar-refractivity contribution >= 4 is 18.3 Å². The molecule has 2 aromatic rings. The molecule has 1 amide bonds. The van der Waals surface area contributed by atoms with Crippen LogP contribution in [0.2, 0.25) is 0 Å². The fourth-order valence-electron chi connectivity index (χ4n) is 3.02. The molecule has 0 bridgehead atoms. The second kappa shape index (κ2) is 9.02. The van der Waals surface area contributed by atoms with Crippen LogP contribution < -0.4 is 10.6 Å². The molecule has 4 nitrogen and oxygen atoms in total. The van der Waals surface area contributed by atoms with Gasteiger partial charge in [0.2, 0.25) is 5.91 Å². The van der Waals surface area contributed by atoms with Crippen LogP contribution in [0.5, 0.6) is 0 Å². The van der Waals surface area contributed by atoms with E-state index in [9.17, 15) is 9.18 Å². The molecular formula is C19H24ClFN2O2. The van der Waals surface area contributed by atoms with Crippen molar-refractivity contribution in [2.24, 2.45) is 5.92 Å². The molecule has 2 unspecified atom stereocenters. The predicted octanol–water partition coefficient (Wildman–Crippen LogP) is 3.55. The first kappa shape index (κ1) is 19.5. The number of furan rings is 1. The third-order valence-electron chi connectivity index (χ3n) is 4.57. The summed E-state index contributed by atoms with van der Waals surface area (Å²) in [7, 11) is 0. The van der Waals surface area contributed by atoms with Gasteiger partial charge >= 0.3 is 0 Å². The fraction of sp³-hybridized carbons (Fsp3) is 0.421. The van der Waals surface area contributed by atoms with E-state index in [2.05, 4.69) is 17.6 Å². The summed E-state index contributed by atoms with van der Waals surface area (Å²) in [5.41, 5.74) is 0.440. The van der Waals surface area contributed by atoms with Crippen LogP contribution in [-0.4, -0.2) is 25.0 Å². The molecule has 0 aliphatic carbocycles. The number of amides is 1. The predicted molar refractivity (Wildman–Crippen MR) is 98.3 cm³/mol. The second-order valence-corrected chi connectivity index (χ2v) is 6.39. The molecule has 2 N–H and O–H groups in total. The van der Waals surface area contributed by atoms with Gasteiger partial charge in [-0.3, -0.25) is 4.79 Å². The number of carbonyl (C=O) groups is 1. The van der Waals surface area contributed by atoms with Crippen LogP contribution in [0.15, 0.2) is 40.8 Å². The van der Waals surface area contributed by atoms with Crippen LogP contribution in [0.25, 0.3) is 11.3 Å². The van der Waals surface area contributed by atoms with Crippen LogP contribution in [0, 0.1) is 11.7 Å². The average molecular weight is 367 g/mol. The Morgan fingerprint density at radius 1 is 1.32 bits per heavy atom. The normalized spacial score (nSPS) is 19.9. The van der Waals surface area contributed by atoms with Crippen molar-refractivity contribution in [3.63, 3.8) is 0 Å². The number of hydrogen-bond donors (Lipinski definition) is 2. The van der Waals surface area contributed by atoms with Gasteiger partial charge in [-0.25, -0.2) is 4.39 Å². The Hall–Kier alpha value is -1.85. The third kappa shape index (κ3) is 5.06. The molecule has 0 radical (unpaired) electrons. The molecule has 0 saturated carbocycles. The molecule has 1 saturated heterocycles. The van der Waals surface area contributed by atoms with Gasteiger partial charge in [-0.15, -0.1) is 12.4 Å². The van der Waals surface area contributed by atoms with Crippen molar-refractivity contribution in [3.05, 3.63) is 48.0 Å². The largest absolute Gasteiger partial charge is 0.461 e. The van der Waals surface area contributed by atoms with Crippen LogP contribution in [0.3, 0.4) is 0 Å². The van der Waals surface area contributed by atoms with Crippen molar-refractivity contribution in [1.82, 2.24) is 10.6 Å². The highest BCUT2D eigenvalue weighted by Crippen LogP contribution is 2.25. The van der Waals surface area contributed by atoms with Gasteiger partial charge in [0.25, 0.3) is 0 Å². The first-order valence-corrected chi connectivity index (χ1v) is 8.47. The Kier molecular flexibility index (Phi) is 7.02. The third-order valence-corrected chi connectivity index (χ3v) is 4.57. The monoisotopic (exact) mass is 366 g/mol. The Morgan fingerprint density at radius 3 is 2.88 bits per heavy atom. The van der Waals surface area contributed by atoms with Crippen LogP contribution >= 0.6 is 12.4 Å². The SMILES string of the molecule is CC1CCNCC1NC(=O)CCc1ccc(-c2ccccc2F)o1.Cl. The van der Waals surface area contributed by atoms with E-state index in [1.165, 1.54) is 6.07 Å². The van der Waals surface area contributed by atoms with Gasteiger partial charge in [0.15, 0.2) is 0 Å². The number of rotatable bonds is 5. The van der Waals surface area contributed by atoms with E-state index in [1.54, 1.807) is 30.3 Å². The van der Waals surface area contributed by atoms with E-state index in [-0.39, 0.29) is 30.2 Å².